The third-order valence-corrected chi connectivity index (χ3v) is 11.0. The summed E-state index contributed by atoms with van der Waals surface area (Å²) in [6, 6.07) is 7.62. The first kappa shape index (κ1) is 41.5. The zero-order valence-electron chi connectivity index (χ0n) is 33.5. The Morgan fingerprint density at radius 3 is 2.28 bits per heavy atom. The number of aromatic amines is 2. The van der Waals surface area contributed by atoms with Gasteiger partial charge in [-0.3, -0.25) is 14.6 Å². The highest BCUT2D eigenvalue weighted by Crippen LogP contribution is 2.52. The van der Waals surface area contributed by atoms with E-state index in [2.05, 4.69) is 23.1 Å². The molecule has 0 fully saturated rings. The number of fused-ring (bicyclic) bond motifs is 11. The molecule has 2 atom stereocenters. The fraction of sp³-hybridized carbons (Fsp3) is 0.341. The van der Waals surface area contributed by atoms with Gasteiger partial charge in [0.25, 0.3) is 0 Å². The van der Waals surface area contributed by atoms with Crippen molar-refractivity contribution in [3.8, 4) is 0 Å². The highest BCUT2D eigenvalue weighted by Gasteiger charge is 2.53. The van der Waals surface area contributed by atoms with Crippen LogP contribution in [0.25, 0.3) is 44.9 Å². The van der Waals surface area contributed by atoms with Crippen molar-refractivity contribution < 1.29 is 48.6 Å². The number of nitrogens with one attached hydrogen (secondary N) is 2. The summed E-state index contributed by atoms with van der Waals surface area (Å²) >= 11 is 0. The summed E-state index contributed by atoms with van der Waals surface area (Å²) in [4.78, 5) is 67.6. The van der Waals surface area contributed by atoms with Crippen LogP contribution in [0.15, 0.2) is 60.9 Å². The number of H-pyrrole nitrogens is 2. The smallest absolute Gasteiger partial charge is 0.334 e. The number of ether oxygens (including phenoxy) is 3. The number of allylic oxidation sites excluding steroid dienone is 5. The van der Waals surface area contributed by atoms with Crippen molar-refractivity contribution >= 4 is 62.8 Å². The van der Waals surface area contributed by atoms with Gasteiger partial charge in [0.2, 0.25) is 0 Å². The normalized spacial score (nSPS) is 17.2. The fourth-order valence-electron chi connectivity index (χ4n) is 7.88. The number of carbonyl (C=O) groups is 3. The molecule has 58 heavy (non-hydrogen) atoms. The van der Waals surface area contributed by atoms with Gasteiger partial charge in [0, 0.05) is 40.5 Å². The Morgan fingerprint density at radius 2 is 1.59 bits per heavy atom. The van der Waals surface area contributed by atoms with E-state index in [0.717, 1.165) is 50.0 Å². The predicted octanol–water partition coefficient (Wildman–Crippen LogP) is 6.06. The molecular formula is C44H48N4O10. The molecule has 0 unspecified atom stereocenters. The van der Waals surface area contributed by atoms with Crippen molar-refractivity contribution in [3.63, 3.8) is 0 Å². The third-order valence-electron chi connectivity index (χ3n) is 11.0. The number of carbonyl (C=O) groups excluding carboxylic acids is 3. The van der Waals surface area contributed by atoms with Crippen LogP contribution in [0.2, 0.25) is 0 Å². The summed E-state index contributed by atoms with van der Waals surface area (Å²) in [6.45, 7) is 15.2. The second kappa shape index (κ2) is 17.2. The summed E-state index contributed by atoms with van der Waals surface area (Å²) in [5.74, 6) is -2.60. The molecule has 14 nitrogen and oxygen atoms in total. The Hall–Kier alpha value is -6.09. The van der Waals surface area contributed by atoms with Crippen molar-refractivity contribution in [2.45, 2.75) is 52.4 Å². The van der Waals surface area contributed by atoms with E-state index in [0.29, 0.717) is 40.3 Å². The number of hydrogen-bond acceptors (Lipinski definition) is 12. The maximum absolute atomic E-state index is 13.8. The molecule has 8 bridgehead atoms. The highest BCUT2D eigenvalue weighted by molar-refractivity contribution is 6.02. The lowest BCUT2D eigenvalue weighted by Gasteiger charge is -2.36. The van der Waals surface area contributed by atoms with Crippen LogP contribution in [-0.4, -0.2) is 88.7 Å². The number of esters is 3. The first-order chi connectivity index (χ1) is 27.8. The maximum Gasteiger partial charge on any atom is 0.334 e. The maximum atomic E-state index is 13.8. The third kappa shape index (κ3) is 7.65. The molecule has 0 aromatic carbocycles. The molecule has 14 heteroatoms. The Balaban J connectivity index is 1.71. The molecule has 0 saturated carbocycles. The quantitative estimate of drug-likeness (QED) is 0.0369. The standard InChI is InChI=1S/C44H48N4O10/c1-9-27-24(3)33-20-38-31-12-10-29(42(52)54-7)41(43(53)55-8)44(31,6)39(48-38)22-34-26(5)30(18-23(2)58-57-17-15-50)37(47-34)21-36-28(11-13-40(51)56-16-14-49)25(4)32(46-36)19-35(27)45-33/h9-10,12,19-22,41,45-46,49-50H,1-2,11,13-18H2,3-8H3/t41-,44+/m0/s1. The van der Waals surface area contributed by atoms with E-state index in [-0.39, 0.29) is 50.6 Å². The van der Waals surface area contributed by atoms with E-state index in [9.17, 15) is 24.6 Å². The van der Waals surface area contributed by atoms with E-state index >= 15 is 0 Å². The molecule has 0 amide bonds. The highest BCUT2D eigenvalue weighted by atomic mass is 17.2. The molecule has 2 aliphatic heterocycles. The molecule has 3 aromatic heterocycles. The van der Waals surface area contributed by atoms with Gasteiger partial charge in [-0.25, -0.2) is 9.78 Å². The SMILES string of the molecule is C=Cc1c(C)c2cc3nc(cc4nc(cc5[nH]c(cc1[nH]2)c(C)c5CCC(=O)OCCO)C(CC(=C)OOCCO)=C4C)[C@@]1(C)C3=CC=C(C(=O)OC)[C@H]1C(=O)OC. The summed E-state index contributed by atoms with van der Waals surface area (Å²) in [5.41, 5.74) is 9.78. The molecule has 0 spiro atoms. The van der Waals surface area contributed by atoms with Gasteiger partial charge in [0.15, 0.2) is 0 Å². The van der Waals surface area contributed by atoms with Gasteiger partial charge in [-0.1, -0.05) is 31.4 Å². The number of methoxy groups -OCH3 is 2. The number of aliphatic hydroxyl groups is 2. The topological polar surface area (TPSA) is 195 Å². The summed E-state index contributed by atoms with van der Waals surface area (Å²) in [6.07, 6.45) is 5.74. The van der Waals surface area contributed by atoms with Crippen molar-refractivity contribution in [2.75, 3.05) is 40.6 Å². The number of aliphatic hydroxyl groups excluding tert-OH is 2. The average Bonchev–Trinajstić information content (AvgIpc) is 3.86. The Bertz CT molecular complexity index is 2470. The number of aromatic nitrogens is 4. The first-order valence-corrected chi connectivity index (χ1v) is 18.8. The van der Waals surface area contributed by atoms with E-state index in [4.69, 9.17) is 34.0 Å². The number of nitrogens with zero attached hydrogens (tertiary/aromatic N) is 2. The number of rotatable bonds is 14. The number of hydrogen-bond donors (Lipinski definition) is 4. The van der Waals surface area contributed by atoms with Crippen molar-refractivity contribution in [2.24, 2.45) is 5.92 Å². The first-order valence-electron chi connectivity index (χ1n) is 18.8. The van der Waals surface area contributed by atoms with Gasteiger partial charge in [0.05, 0.1) is 61.2 Å². The minimum atomic E-state index is -1.20. The van der Waals surface area contributed by atoms with E-state index < -0.39 is 29.2 Å². The summed E-state index contributed by atoms with van der Waals surface area (Å²) in [5, 5.41) is 18.4. The predicted molar refractivity (Wildman–Crippen MR) is 218 cm³/mol. The van der Waals surface area contributed by atoms with Gasteiger partial charge in [-0.05, 0) is 91.8 Å². The van der Waals surface area contributed by atoms with E-state index in [1.165, 1.54) is 14.2 Å². The zero-order chi connectivity index (χ0) is 41.9. The van der Waals surface area contributed by atoms with Crippen LogP contribution in [0, 0.1) is 19.8 Å². The summed E-state index contributed by atoms with van der Waals surface area (Å²) in [7, 11) is 2.54. The zero-order valence-corrected chi connectivity index (χ0v) is 33.5. The minimum Gasteiger partial charge on any atom is -0.469 e. The number of aryl methyl sites for hydroxylation is 3. The van der Waals surface area contributed by atoms with Gasteiger partial charge in [0.1, 0.15) is 24.9 Å². The molecule has 4 N–H and O–H groups in total. The van der Waals surface area contributed by atoms with Crippen LogP contribution >= 0.6 is 0 Å². The van der Waals surface area contributed by atoms with Gasteiger partial charge in [-0.15, -0.1) is 0 Å². The van der Waals surface area contributed by atoms with Crippen LogP contribution in [0.5, 0.6) is 0 Å². The minimum absolute atomic E-state index is 0.0524. The summed E-state index contributed by atoms with van der Waals surface area (Å²) < 4.78 is 15.6. The van der Waals surface area contributed by atoms with Crippen molar-refractivity contribution in [1.82, 2.24) is 19.9 Å². The van der Waals surface area contributed by atoms with Gasteiger partial charge >= 0.3 is 17.9 Å². The molecule has 304 valence electrons. The van der Waals surface area contributed by atoms with Crippen LogP contribution in [0.1, 0.15) is 71.7 Å². The molecule has 6 rings (SSSR count). The van der Waals surface area contributed by atoms with Gasteiger partial charge in [-0.2, -0.15) is 4.89 Å². The van der Waals surface area contributed by atoms with Crippen molar-refractivity contribution in [3.05, 3.63) is 106 Å². The molecule has 0 radical (unpaired) electrons. The molecule has 3 aliphatic rings. The lowest BCUT2D eigenvalue weighted by atomic mass is 9.64. The van der Waals surface area contributed by atoms with Crippen molar-refractivity contribution in [1.29, 1.82) is 0 Å². The molecule has 5 heterocycles. The molecular weight excluding hydrogens is 745 g/mol. The monoisotopic (exact) mass is 792 g/mol. The molecule has 3 aromatic rings. The van der Waals surface area contributed by atoms with Crippen LogP contribution < -0.4 is 0 Å². The fourth-order valence-corrected chi connectivity index (χ4v) is 7.88. The largest absolute Gasteiger partial charge is 0.469 e. The Morgan fingerprint density at radius 1 is 0.879 bits per heavy atom. The average molecular weight is 793 g/mol. The second-order valence-electron chi connectivity index (χ2n) is 14.3. The Kier molecular flexibility index (Phi) is 12.3. The van der Waals surface area contributed by atoms with Gasteiger partial charge < -0.3 is 39.3 Å². The van der Waals surface area contributed by atoms with Crippen LogP contribution in [0.3, 0.4) is 0 Å². The second-order valence-corrected chi connectivity index (χ2v) is 14.3. The van der Waals surface area contributed by atoms with Crippen LogP contribution in [0.4, 0.5) is 0 Å². The molecule has 0 saturated heterocycles. The Labute approximate surface area is 335 Å². The van der Waals surface area contributed by atoms with E-state index in [1.54, 1.807) is 18.2 Å². The lowest BCUT2D eigenvalue weighted by molar-refractivity contribution is -0.266. The lowest BCUT2D eigenvalue weighted by Crippen LogP contribution is -2.42. The molecule has 1 aliphatic carbocycles. The van der Waals surface area contributed by atoms with E-state index in [1.807, 2.05) is 52.0 Å². The van der Waals surface area contributed by atoms with Crippen LogP contribution in [-0.2, 0) is 50.2 Å².